The lowest BCUT2D eigenvalue weighted by Crippen LogP contribution is -2.47. The number of carbonyl (C=O) groups is 1. The zero-order valence-corrected chi connectivity index (χ0v) is 15.8. The first-order chi connectivity index (χ1) is 10.1. The van der Waals surface area contributed by atoms with Crippen LogP contribution in [0.3, 0.4) is 0 Å². The van der Waals surface area contributed by atoms with Gasteiger partial charge in [-0.25, -0.2) is 0 Å². The number of rotatable bonds is 4. The van der Waals surface area contributed by atoms with Crippen molar-refractivity contribution in [3.05, 3.63) is 22.2 Å². The predicted molar refractivity (Wildman–Crippen MR) is 97.3 cm³/mol. The number of hydrogen-bond donors (Lipinski definition) is 3. The van der Waals surface area contributed by atoms with Crippen LogP contribution in [0.15, 0.2) is 22.2 Å². The van der Waals surface area contributed by atoms with Gasteiger partial charge < -0.3 is 25.2 Å². The van der Waals surface area contributed by atoms with Crippen LogP contribution in [-0.2, 0) is 9.53 Å². The number of carbonyl (C=O) groups excluding carboxylic acids is 1. The zero-order valence-electron chi connectivity index (χ0n) is 12.7. The molecule has 0 spiro atoms. The molecule has 0 radical (unpaired) electrons. The predicted octanol–water partition coefficient (Wildman–Crippen LogP) is 0.712. The maximum Gasteiger partial charge on any atom is 0.264 e. The van der Waals surface area contributed by atoms with Gasteiger partial charge in [-0.15, -0.1) is 13.2 Å². The molecular formula is C14H22IN2O4P. The Morgan fingerprint density at radius 1 is 1.45 bits per heavy atom. The molecule has 2 aliphatic heterocycles. The second-order valence-electron chi connectivity index (χ2n) is 6.28. The van der Waals surface area contributed by atoms with Gasteiger partial charge in [0.1, 0.15) is 18.0 Å². The van der Waals surface area contributed by atoms with Crippen molar-refractivity contribution in [2.24, 2.45) is 0 Å². The standard InChI is InChI=1S/C14H22IN2O4P/c1-8-16-13(20)9(15)7-17(8)14-12(19)11(18)10(21-14)5-6-22(2,3)4/h7,10-12,14,18-19H,1-2,5-6H2,3-4H3,(H,16,20)/t10-,11-,12-,14-/m1/s1. The SMILES string of the molecule is C=C1NC(=O)C(I)=CN1[C@@H]1O[C@H](CCP(=C)(C)C)[C@@H](O)[C@H]1O. The lowest BCUT2D eigenvalue weighted by Gasteiger charge is -2.33. The Morgan fingerprint density at radius 3 is 2.68 bits per heavy atom. The lowest BCUT2D eigenvalue weighted by atomic mass is 10.1. The minimum atomic E-state index is -1.22. The molecule has 1 saturated heterocycles. The molecule has 22 heavy (non-hydrogen) atoms. The highest BCUT2D eigenvalue weighted by atomic mass is 127. The molecular weight excluding hydrogens is 418 g/mol. The van der Waals surface area contributed by atoms with Crippen molar-refractivity contribution in [3.63, 3.8) is 0 Å². The number of halogens is 1. The smallest absolute Gasteiger partial charge is 0.264 e. The van der Waals surface area contributed by atoms with Gasteiger partial charge in [-0.05, 0) is 48.5 Å². The minimum Gasteiger partial charge on any atom is -0.388 e. The van der Waals surface area contributed by atoms with Crippen molar-refractivity contribution in [1.82, 2.24) is 10.2 Å². The van der Waals surface area contributed by atoms with Crippen LogP contribution in [0, 0.1) is 0 Å². The summed E-state index contributed by atoms with van der Waals surface area (Å²) < 4.78 is 6.29. The van der Waals surface area contributed by atoms with Gasteiger partial charge in [0.25, 0.3) is 5.91 Å². The topological polar surface area (TPSA) is 82.0 Å². The van der Waals surface area contributed by atoms with E-state index >= 15 is 0 Å². The van der Waals surface area contributed by atoms with Gasteiger partial charge in [-0.2, -0.15) is 0 Å². The van der Waals surface area contributed by atoms with E-state index < -0.39 is 31.4 Å². The highest BCUT2D eigenvalue weighted by Gasteiger charge is 2.46. The molecule has 1 fully saturated rings. The van der Waals surface area contributed by atoms with Crippen molar-refractivity contribution >= 4 is 41.7 Å². The summed E-state index contributed by atoms with van der Waals surface area (Å²) in [5.41, 5.74) is 0. The van der Waals surface area contributed by atoms with Crippen LogP contribution in [0.25, 0.3) is 0 Å². The van der Waals surface area contributed by atoms with E-state index in [0.717, 1.165) is 6.16 Å². The van der Waals surface area contributed by atoms with E-state index in [2.05, 4.69) is 31.5 Å². The largest absolute Gasteiger partial charge is 0.388 e. The van der Waals surface area contributed by atoms with Crippen LogP contribution in [0.2, 0.25) is 0 Å². The Labute approximate surface area is 144 Å². The Kier molecular flexibility index (Phi) is 5.44. The van der Waals surface area contributed by atoms with E-state index in [4.69, 9.17) is 4.74 Å². The summed E-state index contributed by atoms with van der Waals surface area (Å²) in [7, 11) is 0. The van der Waals surface area contributed by atoms with Crippen molar-refractivity contribution in [1.29, 1.82) is 0 Å². The van der Waals surface area contributed by atoms with Crippen LogP contribution < -0.4 is 5.32 Å². The number of ether oxygens (including phenoxy) is 1. The highest BCUT2D eigenvalue weighted by Crippen LogP contribution is 2.38. The van der Waals surface area contributed by atoms with Gasteiger partial charge in [0, 0.05) is 6.20 Å². The molecule has 0 saturated carbocycles. The summed E-state index contributed by atoms with van der Waals surface area (Å²) in [6.07, 6.45) is 4.00. The molecule has 2 heterocycles. The summed E-state index contributed by atoms with van der Waals surface area (Å²) in [5, 5.41) is 23.1. The molecule has 0 bridgehead atoms. The molecule has 3 N–H and O–H groups in total. The summed E-state index contributed by atoms with van der Waals surface area (Å²) in [6.45, 7) is 6.78. The molecule has 8 heteroatoms. The summed E-state index contributed by atoms with van der Waals surface area (Å²) in [4.78, 5) is 13.1. The monoisotopic (exact) mass is 440 g/mol. The second kappa shape index (κ2) is 6.65. The van der Waals surface area contributed by atoms with Crippen molar-refractivity contribution in [2.45, 2.75) is 31.0 Å². The number of nitrogens with one attached hydrogen (secondary N) is 1. The highest BCUT2D eigenvalue weighted by molar-refractivity contribution is 14.1. The maximum absolute atomic E-state index is 11.6. The Bertz CT molecular complexity index is 559. The van der Waals surface area contributed by atoms with Gasteiger partial charge in [-0.3, -0.25) is 4.79 Å². The van der Waals surface area contributed by atoms with E-state index in [1.54, 1.807) is 11.1 Å². The molecule has 124 valence electrons. The zero-order chi connectivity index (χ0) is 16.7. The third-order valence-electron chi connectivity index (χ3n) is 3.67. The molecule has 1 amide bonds. The van der Waals surface area contributed by atoms with Gasteiger partial charge in [-0.1, -0.05) is 6.58 Å². The van der Waals surface area contributed by atoms with Crippen LogP contribution in [0.5, 0.6) is 0 Å². The van der Waals surface area contributed by atoms with E-state index in [1.807, 2.05) is 22.6 Å². The fraction of sp³-hybridized carbons (Fsp3) is 0.571. The normalized spacial score (nSPS) is 33.0. The fourth-order valence-corrected chi connectivity index (χ4v) is 3.80. The van der Waals surface area contributed by atoms with E-state index in [9.17, 15) is 15.0 Å². The lowest BCUT2D eigenvalue weighted by molar-refractivity contribution is -0.118. The summed E-state index contributed by atoms with van der Waals surface area (Å²) in [5.74, 6) is 0.0855. The average molecular weight is 440 g/mol. The minimum absolute atomic E-state index is 0.241. The molecule has 2 aliphatic rings. The second-order valence-corrected chi connectivity index (χ2v) is 11.8. The molecule has 0 aromatic carbocycles. The average Bonchev–Trinajstić information content (AvgIpc) is 2.68. The summed E-state index contributed by atoms with van der Waals surface area (Å²) >= 11 is 1.90. The van der Waals surface area contributed by atoms with Gasteiger partial charge >= 0.3 is 0 Å². The first-order valence-electron chi connectivity index (χ1n) is 6.95. The van der Waals surface area contributed by atoms with E-state index in [1.165, 1.54) is 0 Å². The number of aliphatic hydroxyl groups excluding tert-OH is 2. The number of amides is 1. The fourth-order valence-electron chi connectivity index (χ4n) is 2.42. The molecule has 6 nitrogen and oxygen atoms in total. The summed E-state index contributed by atoms with van der Waals surface area (Å²) in [6, 6.07) is 0. The molecule has 0 aliphatic carbocycles. The van der Waals surface area contributed by atoms with Crippen LogP contribution in [-0.4, -0.2) is 71.4 Å². The Hall–Kier alpha value is -0.340. The Balaban J connectivity index is 2.11. The van der Waals surface area contributed by atoms with E-state index in [0.29, 0.717) is 15.8 Å². The van der Waals surface area contributed by atoms with Gasteiger partial charge in [0.2, 0.25) is 0 Å². The third-order valence-corrected chi connectivity index (χ3v) is 5.91. The number of hydrogen-bond acceptors (Lipinski definition) is 5. The number of aliphatic hydroxyl groups is 2. The molecule has 4 atom stereocenters. The van der Waals surface area contributed by atoms with Crippen LogP contribution >= 0.6 is 29.5 Å². The maximum atomic E-state index is 11.6. The third kappa shape index (κ3) is 3.94. The number of nitrogens with zero attached hydrogens (tertiary/aromatic N) is 1. The first kappa shape index (κ1) is 18.0. The quantitative estimate of drug-likeness (QED) is 0.444. The van der Waals surface area contributed by atoms with Crippen molar-refractivity contribution in [2.75, 3.05) is 19.5 Å². The van der Waals surface area contributed by atoms with Gasteiger partial charge in [0.05, 0.1) is 9.68 Å². The molecule has 0 unspecified atom stereocenters. The van der Waals surface area contributed by atoms with Crippen molar-refractivity contribution < 1.29 is 19.7 Å². The van der Waals surface area contributed by atoms with Crippen molar-refractivity contribution in [3.8, 4) is 0 Å². The van der Waals surface area contributed by atoms with Gasteiger partial charge in [0.15, 0.2) is 6.23 Å². The van der Waals surface area contributed by atoms with Crippen LogP contribution in [0.4, 0.5) is 0 Å². The molecule has 0 aromatic rings. The molecule has 0 aromatic heterocycles. The first-order valence-corrected chi connectivity index (χ1v) is 11.1. The molecule has 2 rings (SSSR count). The van der Waals surface area contributed by atoms with Crippen LogP contribution in [0.1, 0.15) is 6.42 Å². The Morgan fingerprint density at radius 2 is 2.09 bits per heavy atom. The van der Waals surface area contributed by atoms with E-state index in [-0.39, 0.29) is 5.91 Å².